The molecule has 2 atom stereocenters. The third kappa shape index (κ3) is 7.69. The summed E-state index contributed by atoms with van der Waals surface area (Å²) >= 11 is 0. The molecule has 0 aromatic heterocycles. The van der Waals surface area contributed by atoms with Gasteiger partial charge in [0.15, 0.2) is 0 Å². The molecule has 3 heteroatoms. The molecule has 0 saturated heterocycles. The lowest BCUT2D eigenvalue weighted by Gasteiger charge is -2.19. The van der Waals surface area contributed by atoms with E-state index in [9.17, 15) is 4.79 Å². The normalized spacial score (nSPS) is 14.5. The van der Waals surface area contributed by atoms with Crippen LogP contribution in [-0.4, -0.2) is 18.5 Å². The first kappa shape index (κ1) is 15.4. The van der Waals surface area contributed by atoms with Gasteiger partial charge in [-0.3, -0.25) is 4.79 Å². The summed E-state index contributed by atoms with van der Waals surface area (Å²) in [6.07, 6.45) is 6.61. The van der Waals surface area contributed by atoms with Gasteiger partial charge in [0.05, 0.1) is 0 Å². The van der Waals surface area contributed by atoms with E-state index in [4.69, 9.17) is 5.73 Å². The van der Waals surface area contributed by atoms with E-state index < -0.39 is 0 Å². The van der Waals surface area contributed by atoms with Crippen molar-refractivity contribution in [2.45, 2.75) is 65.3 Å². The van der Waals surface area contributed by atoms with Gasteiger partial charge in [-0.2, -0.15) is 0 Å². The van der Waals surface area contributed by atoms with Gasteiger partial charge in [-0.05, 0) is 25.8 Å². The lowest BCUT2D eigenvalue weighted by molar-refractivity contribution is -0.122. The molecule has 0 saturated carbocycles. The van der Waals surface area contributed by atoms with Crippen LogP contribution in [0.2, 0.25) is 0 Å². The molecule has 0 aliphatic carbocycles. The maximum absolute atomic E-state index is 11.6. The number of carbonyl (C=O) groups is 1. The van der Waals surface area contributed by atoms with E-state index in [-0.39, 0.29) is 11.9 Å². The molecule has 0 spiro atoms. The van der Waals surface area contributed by atoms with Crippen molar-refractivity contribution in [3.63, 3.8) is 0 Å². The van der Waals surface area contributed by atoms with Crippen LogP contribution in [0.15, 0.2) is 0 Å². The third-order valence-corrected chi connectivity index (χ3v) is 3.12. The molecule has 2 unspecified atom stereocenters. The summed E-state index contributed by atoms with van der Waals surface area (Å²) in [6, 6.07) is 0.188. The second-order valence-electron chi connectivity index (χ2n) is 4.73. The average molecular weight is 228 g/mol. The SMILES string of the molecule is CCCCCCCC(=O)NC(C)C(C)CN. The first-order valence-corrected chi connectivity index (χ1v) is 6.61. The maximum atomic E-state index is 11.6. The minimum Gasteiger partial charge on any atom is -0.353 e. The number of nitrogens with two attached hydrogens (primary N) is 1. The first-order chi connectivity index (χ1) is 7.61. The number of carbonyl (C=O) groups excluding carboxylic acids is 1. The van der Waals surface area contributed by atoms with E-state index in [1.54, 1.807) is 0 Å². The van der Waals surface area contributed by atoms with Crippen LogP contribution in [0.3, 0.4) is 0 Å². The second-order valence-corrected chi connectivity index (χ2v) is 4.73. The van der Waals surface area contributed by atoms with Crippen molar-refractivity contribution < 1.29 is 4.79 Å². The number of rotatable bonds is 9. The molecule has 0 aliphatic heterocycles. The van der Waals surface area contributed by atoms with Crippen LogP contribution in [0.5, 0.6) is 0 Å². The van der Waals surface area contributed by atoms with E-state index in [1.165, 1.54) is 25.7 Å². The fourth-order valence-electron chi connectivity index (χ4n) is 1.56. The molecule has 0 aliphatic rings. The van der Waals surface area contributed by atoms with Crippen molar-refractivity contribution in [1.29, 1.82) is 0 Å². The predicted octanol–water partition coefficient (Wildman–Crippen LogP) is 2.45. The molecule has 1 amide bonds. The maximum Gasteiger partial charge on any atom is 0.220 e. The van der Waals surface area contributed by atoms with Gasteiger partial charge in [0.2, 0.25) is 5.91 Å². The van der Waals surface area contributed by atoms with Gasteiger partial charge in [-0.1, -0.05) is 39.5 Å². The second kappa shape index (κ2) is 9.64. The average Bonchev–Trinajstić information content (AvgIpc) is 2.27. The number of unbranched alkanes of at least 4 members (excludes halogenated alkanes) is 4. The fourth-order valence-corrected chi connectivity index (χ4v) is 1.56. The van der Waals surface area contributed by atoms with Crippen molar-refractivity contribution in [3.8, 4) is 0 Å². The molecule has 0 bridgehead atoms. The van der Waals surface area contributed by atoms with Gasteiger partial charge < -0.3 is 11.1 Å². The zero-order valence-electron chi connectivity index (χ0n) is 11.1. The summed E-state index contributed by atoms with van der Waals surface area (Å²) in [6.45, 7) is 6.90. The zero-order chi connectivity index (χ0) is 12.4. The van der Waals surface area contributed by atoms with Gasteiger partial charge >= 0.3 is 0 Å². The van der Waals surface area contributed by atoms with Gasteiger partial charge in [0, 0.05) is 12.5 Å². The lowest BCUT2D eigenvalue weighted by atomic mass is 10.0. The summed E-state index contributed by atoms with van der Waals surface area (Å²) in [5, 5.41) is 3.00. The van der Waals surface area contributed by atoms with Crippen LogP contribution < -0.4 is 11.1 Å². The standard InChI is InChI=1S/C13H28N2O/c1-4-5-6-7-8-9-13(16)15-12(3)11(2)10-14/h11-12H,4-10,14H2,1-3H3,(H,15,16). The van der Waals surface area contributed by atoms with Crippen molar-refractivity contribution >= 4 is 5.91 Å². The van der Waals surface area contributed by atoms with Crippen molar-refractivity contribution in [2.24, 2.45) is 11.7 Å². The Morgan fingerprint density at radius 2 is 1.81 bits per heavy atom. The Morgan fingerprint density at radius 3 is 2.38 bits per heavy atom. The molecule has 0 rings (SSSR count). The smallest absolute Gasteiger partial charge is 0.220 e. The quantitative estimate of drug-likeness (QED) is 0.596. The molecule has 3 N–H and O–H groups in total. The minimum absolute atomic E-state index is 0.171. The topological polar surface area (TPSA) is 55.1 Å². The van der Waals surface area contributed by atoms with Crippen LogP contribution in [0.1, 0.15) is 59.3 Å². The van der Waals surface area contributed by atoms with Gasteiger partial charge in [-0.15, -0.1) is 0 Å². The van der Waals surface area contributed by atoms with Gasteiger partial charge in [0.1, 0.15) is 0 Å². The predicted molar refractivity (Wildman–Crippen MR) is 69.2 cm³/mol. The van der Waals surface area contributed by atoms with Gasteiger partial charge in [-0.25, -0.2) is 0 Å². The Labute approximate surface area is 100 Å². The monoisotopic (exact) mass is 228 g/mol. The summed E-state index contributed by atoms with van der Waals surface area (Å²) in [5.41, 5.74) is 5.55. The minimum atomic E-state index is 0.171. The highest BCUT2D eigenvalue weighted by Crippen LogP contribution is 2.06. The zero-order valence-corrected chi connectivity index (χ0v) is 11.1. The largest absolute Gasteiger partial charge is 0.353 e. The number of hydrogen-bond acceptors (Lipinski definition) is 2. The Morgan fingerprint density at radius 1 is 1.19 bits per heavy atom. The lowest BCUT2D eigenvalue weighted by Crippen LogP contribution is -2.39. The molecular formula is C13H28N2O. The van der Waals surface area contributed by atoms with Crippen LogP contribution in [0.4, 0.5) is 0 Å². The van der Waals surface area contributed by atoms with Crippen molar-refractivity contribution in [1.82, 2.24) is 5.32 Å². The Bertz CT molecular complexity index is 183. The molecule has 0 aromatic carbocycles. The van der Waals surface area contributed by atoms with E-state index in [1.807, 2.05) is 6.92 Å². The highest BCUT2D eigenvalue weighted by molar-refractivity contribution is 5.76. The van der Waals surface area contributed by atoms with E-state index in [0.717, 1.165) is 6.42 Å². The summed E-state index contributed by atoms with van der Waals surface area (Å²) in [4.78, 5) is 11.6. The third-order valence-electron chi connectivity index (χ3n) is 3.12. The van der Waals surface area contributed by atoms with Crippen LogP contribution in [0.25, 0.3) is 0 Å². The molecule has 16 heavy (non-hydrogen) atoms. The van der Waals surface area contributed by atoms with Crippen molar-refractivity contribution in [2.75, 3.05) is 6.54 Å². The fraction of sp³-hybridized carbons (Fsp3) is 0.923. The van der Waals surface area contributed by atoms with E-state index >= 15 is 0 Å². The Kier molecular flexibility index (Phi) is 9.30. The molecule has 3 nitrogen and oxygen atoms in total. The van der Waals surface area contributed by atoms with Crippen molar-refractivity contribution in [3.05, 3.63) is 0 Å². The first-order valence-electron chi connectivity index (χ1n) is 6.61. The summed E-state index contributed by atoms with van der Waals surface area (Å²) in [5.74, 6) is 0.522. The molecular weight excluding hydrogens is 200 g/mol. The Hall–Kier alpha value is -0.570. The van der Waals surface area contributed by atoms with E-state index in [2.05, 4.69) is 19.2 Å². The number of hydrogen-bond donors (Lipinski definition) is 2. The van der Waals surface area contributed by atoms with E-state index in [0.29, 0.717) is 18.9 Å². The summed E-state index contributed by atoms with van der Waals surface area (Å²) in [7, 11) is 0. The number of amides is 1. The molecule has 96 valence electrons. The molecule has 0 radical (unpaired) electrons. The van der Waals surface area contributed by atoms with Crippen LogP contribution in [-0.2, 0) is 4.79 Å². The molecule has 0 fully saturated rings. The number of nitrogens with one attached hydrogen (secondary N) is 1. The summed E-state index contributed by atoms with van der Waals surface area (Å²) < 4.78 is 0. The van der Waals surface area contributed by atoms with Gasteiger partial charge in [0.25, 0.3) is 0 Å². The molecule has 0 aromatic rings. The van der Waals surface area contributed by atoms with Crippen LogP contribution >= 0.6 is 0 Å². The Balaban J connectivity index is 3.51. The van der Waals surface area contributed by atoms with Crippen LogP contribution in [0, 0.1) is 5.92 Å². The molecule has 0 heterocycles. The highest BCUT2D eigenvalue weighted by atomic mass is 16.1. The highest BCUT2D eigenvalue weighted by Gasteiger charge is 2.12.